The van der Waals surface area contributed by atoms with E-state index in [2.05, 4.69) is 10.1 Å². The molecule has 0 radical (unpaired) electrons. The zero-order chi connectivity index (χ0) is 21.0. The van der Waals surface area contributed by atoms with Crippen LogP contribution in [0, 0.1) is 0 Å². The van der Waals surface area contributed by atoms with Crippen LogP contribution < -0.4 is 19.5 Å². The highest BCUT2D eigenvalue weighted by atomic mass is 19.4. The van der Waals surface area contributed by atoms with Crippen molar-refractivity contribution in [3.8, 4) is 17.2 Å². The molecule has 0 fully saturated rings. The van der Waals surface area contributed by atoms with E-state index in [0.29, 0.717) is 11.5 Å². The number of carbonyl (C=O) groups excluding carboxylic acids is 2. The summed E-state index contributed by atoms with van der Waals surface area (Å²) in [6.45, 7) is 1.70. The molecule has 0 saturated carbocycles. The van der Waals surface area contributed by atoms with Gasteiger partial charge in [-0.2, -0.15) is 0 Å². The van der Waals surface area contributed by atoms with E-state index in [-0.39, 0.29) is 18.9 Å². The maximum absolute atomic E-state index is 12.2. The average Bonchev–Trinajstić information content (AvgIpc) is 3.13. The fraction of sp³-hybridized carbons (Fsp3) is 0.263. The highest BCUT2D eigenvalue weighted by Gasteiger charge is 2.31. The third-order valence-corrected chi connectivity index (χ3v) is 3.88. The van der Waals surface area contributed by atoms with Gasteiger partial charge in [-0.05, 0) is 48.9 Å². The standard InChI is InChI=1S/C19H16F3NO6/c1-11(17(24)23-9-12-2-7-15-16(8-12)27-10-26-15)28-18(25)13-3-5-14(6-4-13)29-19(20,21)22/h2-8,11H,9-10H2,1H3,(H,23,24). The van der Waals surface area contributed by atoms with Gasteiger partial charge in [0.2, 0.25) is 6.79 Å². The Morgan fingerprint density at radius 2 is 1.79 bits per heavy atom. The van der Waals surface area contributed by atoms with Gasteiger partial charge in [0, 0.05) is 6.54 Å². The summed E-state index contributed by atoms with van der Waals surface area (Å²) in [5.41, 5.74) is 0.747. The number of halogens is 3. The van der Waals surface area contributed by atoms with E-state index >= 15 is 0 Å². The summed E-state index contributed by atoms with van der Waals surface area (Å²) in [7, 11) is 0. The first-order valence-electron chi connectivity index (χ1n) is 8.44. The Balaban J connectivity index is 1.50. The molecule has 1 heterocycles. The molecule has 154 valence electrons. The quantitative estimate of drug-likeness (QED) is 0.736. The number of esters is 1. The lowest BCUT2D eigenvalue weighted by Crippen LogP contribution is -2.35. The number of fused-ring (bicyclic) bond motifs is 1. The molecular formula is C19H16F3NO6. The Morgan fingerprint density at radius 3 is 2.48 bits per heavy atom. The van der Waals surface area contributed by atoms with E-state index in [1.807, 2.05) is 0 Å². The smallest absolute Gasteiger partial charge is 0.454 e. The first kappa shape index (κ1) is 20.3. The molecule has 3 rings (SSSR count). The first-order chi connectivity index (χ1) is 13.7. The Kier molecular flexibility index (Phi) is 5.81. The Bertz CT molecular complexity index is 898. The van der Waals surface area contributed by atoms with Crippen LogP contribution in [-0.2, 0) is 16.1 Å². The highest BCUT2D eigenvalue weighted by Crippen LogP contribution is 2.32. The molecule has 0 bridgehead atoms. The van der Waals surface area contributed by atoms with E-state index in [1.54, 1.807) is 18.2 Å². The molecule has 0 spiro atoms. The van der Waals surface area contributed by atoms with Gasteiger partial charge in [0.15, 0.2) is 17.6 Å². The van der Waals surface area contributed by atoms with Crippen LogP contribution in [0.3, 0.4) is 0 Å². The van der Waals surface area contributed by atoms with Crippen LogP contribution in [-0.4, -0.2) is 31.1 Å². The van der Waals surface area contributed by atoms with Crippen molar-refractivity contribution in [2.45, 2.75) is 25.9 Å². The third-order valence-electron chi connectivity index (χ3n) is 3.88. The minimum atomic E-state index is -4.83. The number of hydrogen-bond donors (Lipinski definition) is 1. The summed E-state index contributed by atoms with van der Waals surface area (Å²) in [5, 5.41) is 2.62. The van der Waals surface area contributed by atoms with Crippen molar-refractivity contribution in [2.24, 2.45) is 0 Å². The SMILES string of the molecule is CC(OC(=O)c1ccc(OC(F)(F)F)cc1)C(=O)NCc1ccc2c(c1)OCO2. The van der Waals surface area contributed by atoms with Crippen LogP contribution in [0.1, 0.15) is 22.8 Å². The van der Waals surface area contributed by atoms with Gasteiger partial charge in [0.05, 0.1) is 5.56 Å². The molecule has 1 unspecified atom stereocenters. The van der Waals surface area contributed by atoms with E-state index in [4.69, 9.17) is 14.2 Å². The normalized spacial score (nSPS) is 13.5. The second-order valence-electron chi connectivity index (χ2n) is 6.03. The Hall–Kier alpha value is -3.43. The van der Waals surface area contributed by atoms with E-state index in [9.17, 15) is 22.8 Å². The van der Waals surface area contributed by atoms with Crippen LogP contribution in [0.4, 0.5) is 13.2 Å². The molecule has 1 amide bonds. The first-order valence-corrected chi connectivity index (χ1v) is 8.44. The van der Waals surface area contributed by atoms with Crippen molar-refractivity contribution in [3.63, 3.8) is 0 Å². The molecule has 7 nitrogen and oxygen atoms in total. The number of amides is 1. The minimum Gasteiger partial charge on any atom is -0.454 e. The van der Waals surface area contributed by atoms with Gasteiger partial charge in [-0.1, -0.05) is 6.07 Å². The highest BCUT2D eigenvalue weighted by molar-refractivity contribution is 5.92. The van der Waals surface area contributed by atoms with Crippen molar-refractivity contribution in [3.05, 3.63) is 53.6 Å². The molecule has 1 atom stereocenters. The topological polar surface area (TPSA) is 83.1 Å². The lowest BCUT2D eigenvalue weighted by atomic mass is 10.2. The molecule has 0 aliphatic carbocycles. The monoisotopic (exact) mass is 411 g/mol. The summed E-state index contributed by atoms with van der Waals surface area (Å²) in [6.07, 6.45) is -5.94. The Labute approximate surface area is 163 Å². The molecule has 2 aromatic rings. The molecule has 10 heteroatoms. The summed E-state index contributed by atoms with van der Waals surface area (Å²) in [4.78, 5) is 24.2. The number of nitrogens with one attached hydrogen (secondary N) is 1. The van der Waals surface area contributed by atoms with Crippen molar-refractivity contribution in [2.75, 3.05) is 6.79 Å². The van der Waals surface area contributed by atoms with Gasteiger partial charge < -0.3 is 24.3 Å². The van der Waals surface area contributed by atoms with Gasteiger partial charge in [0.25, 0.3) is 5.91 Å². The maximum atomic E-state index is 12.2. The summed E-state index contributed by atoms with van der Waals surface area (Å²) < 4.78 is 55.7. The number of carbonyl (C=O) groups is 2. The van der Waals surface area contributed by atoms with E-state index in [0.717, 1.165) is 29.8 Å². The molecule has 1 aliphatic rings. The number of alkyl halides is 3. The number of rotatable bonds is 6. The van der Waals surface area contributed by atoms with Crippen LogP contribution >= 0.6 is 0 Å². The van der Waals surface area contributed by atoms with Crippen LogP contribution in [0.2, 0.25) is 0 Å². The minimum absolute atomic E-state index is 0.0186. The zero-order valence-electron chi connectivity index (χ0n) is 15.1. The van der Waals surface area contributed by atoms with Crippen molar-refractivity contribution in [1.82, 2.24) is 5.32 Å². The van der Waals surface area contributed by atoms with Gasteiger partial charge in [-0.15, -0.1) is 13.2 Å². The predicted octanol–water partition coefficient (Wildman–Crippen LogP) is 3.18. The summed E-state index contributed by atoms with van der Waals surface area (Å²) in [5.74, 6) is -0.658. The lowest BCUT2D eigenvalue weighted by Gasteiger charge is -2.14. The van der Waals surface area contributed by atoms with Gasteiger partial charge in [-0.25, -0.2) is 4.79 Å². The molecule has 1 N–H and O–H groups in total. The van der Waals surface area contributed by atoms with Gasteiger partial charge in [-0.3, -0.25) is 4.79 Å². The van der Waals surface area contributed by atoms with Crippen LogP contribution in [0.15, 0.2) is 42.5 Å². The van der Waals surface area contributed by atoms with Crippen molar-refractivity contribution >= 4 is 11.9 Å². The van der Waals surface area contributed by atoms with Gasteiger partial charge in [0.1, 0.15) is 5.75 Å². The molecule has 29 heavy (non-hydrogen) atoms. The molecule has 2 aromatic carbocycles. The predicted molar refractivity (Wildman–Crippen MR) is 92.4 cm³/mol. The number of hydrogen-bond acceptors (Lipinski definition) is 6. The fourth-order valence-corrected chi connectivity index (χ4v) is 2.46. The molecule has 1 aliphatic heterocycles. The zero-order valence-corrected chi connectivity index (χ0v) is 15.1. The molecular weight excluding hydrogens is 395 g/mol. The average molecular weight is 411 g/mol. The molecule has 0 aromatic heterocycles. The third kappa shape index (κ3) is 5.53. The second kappa shape index (κ2) is 8.29. The van der Waals surface area contributed by atoms with E-state index < -0.39 is 30.1 Å². The van der Waals surface area contributed by atoms with Crippen LogP contribution in [0.25, 0.3) is 0 Å². The van der Waals surface area contributed by atoms with E-state index in [1.165, 1.54) is 6.92 Å². The number of benzene rings is 2. The largest absolute Gasteiger partial charge is 0.573 e. The number of ether oxygens (including phenoxy) is 4. The summed E-state index contributed by atoms with van der Waals surface area (Å²) >= 11 is 0. The van der Waals surface area contributed by atoms with Gasteiger partial charge >= 0.3 is 12.3 Å². The van der Waals surface area contributed by atoms with Crippen molar-refractivity contribution in [1.29, 1.82) is 0 Å². The molecule has 0 saturated heterocycles. The maximum Gasteiger partial charge on any atom is 0.573 e. The second-order valence-corrected chi connectivity index (χ2v) is 6.03. The fourth-order valence-electron chi connectivity index (χ4n) is 2.46. The lowest BCUT2D eigenvalue weighted by molar-refractivity contribution is -0.274. The van der Waals surface area contributed by atoms with Crippen molar-refractivity contribution < 1.29 is 41.7 Å². The van der Waals surface area contributed by atoms with Crippen LogP contribution in [0.5, 0.6) is 17.2 Å². The Morgan fingerprint density at radius 1 is 1.10 bits per heavy atom. The summed E-state index contributed by atoms with van der Waals surface area (Å²) in [6, 6.07) is 9.39.